The lowest BCUT2D eigenvalue weighted by atomic mass is 10.0. The minimum atomic E-state index is -0.348. The standard InChI is InChI=1S/C14H9FN2O2/c15-9-3-1-8(2-4-9)10-5-6-11(18)13-12(10)14(19)17-7-16-13/h1-7,18H,(H,16,17,19). The van der Waals surface area contributed by atoms with Crippen LogP contribution in [0.3, 0.4) is 0 Å². The van der Waals surface area contributed by atoms with E-state index in [-0.39, 0.29) is 28.0 Å². The van der Waals surface area contributed by atoms with Crippen molar-refractivity contribution in [3.63, 3.8) is 0 Å². The highest BCUT2D eigenvalue weighted by molar-refractivity contribution is 5.96. The fourth-order valence-electron chi connectivity index (χ4n) is 2.04. The number of phenols is 1. The number of aromatic nitrogens is 2. The van der Waals surface area contributed by atoms with E-state index in [0.29, 0.717) is 11.1 Å². The van der Waals surface area contributed by atoms with E-state index in [9.17, 15) is 14.3 Å². The molecule has 0 bridgehead atoms. The molecule has 5 heteroatoms. The summed E-state index contributed by atoms with van der Waals surface area (Å²) in [6.45, 7) is 0. The maximum atomic E-state index is 12.9. The van der Waals surface area contributed by atoms with Crippen molar-refractivity contribution in [3.05, 3.63) is 58.9 Å². The van der Waals surface area contributed by atoms with Crippen LogP contribution in [-0.4, -0.2) is 15.1 Å². The molecule has 1 aromatic heterocycles. The van der Waals surface area contributed by atoms with Gasteiger partial charge in [0.05, 0.1) is 11.7 Å². The average Bonchev–Trinajstić information content (AvgIpc) is 2.41. The highest BCUT2D eigenvalue weighted by Gasteiger charge is 2.11. The van der Waals surface area contributed by atoms with E-state index in [1.807, 2.05) is 0 Å². The Labute approximate surface area is 107 Å². The lowest BCUT2D eigenvalue weighted by molar-refractivity contribution is 0.480. The normalized spacial score (nSPS) is 10.8. The lowest BCUT2D eigenvalue weighted by Gasteiger charge is -2.06. The molecule has 0 fully saturated rings. The smallest absolute Gasteiger partial charge is 0.259 e. The molecular formula is C14H9FN2O2. The molecule has 0 aliphatic rings. The molecule has 3 rings (SSSR count). The summed E-state index contributed by atoms with van der Waals surface area (Å²) in [6, 6.07) is 8.87. The quantitative estimate of drug-likeness (QED) is 0.702. The Kier molecular flexibility index (Phi) is 2.52. The molecule has 0 atom stereocenters. The van der Waals surface area contributed by atoms with Crippen LogP contribution in [-0.2, 0) is 0 Å². The van der Waals surface area contributed by atoms with Crippen LogP contribution in [0, 0.1) is 5.82 Å². The Hall–Kier alpha value is -2.69. The Bertz CT molecular complexity index is 810. The monoisotopic (exact) mass is 256 g/mol. The SMILES string of the molecule is O=c1[nH]cnc2c(O)ccc(-c3ccc(F)cc3)c12. The van der Waals surface area contributed by atoms with Gasteiger partial charge in [-0.2, -0.15) is 0 Å². The Balaban J connectivity index is 2.39. The van der Waals surface area contributed by atoms with Gasteiger partial charge in [-0.05, 0) is 35.4 Å². The molecule has 19 heavy (non-hydrogen) atoms. The third-order valence-electron chi connectivity index (χ3n) is 2.93. The number of phenolic OH excluding ortho intramolecular Hbond substituents is 1. The largest absolute Gasteiger partial charge is 0.506 e. The third kappa shape index (κ3) is 1.85. The fourth-order valence-corrected chi connectivity index (χ4v) is 2.04. The molecule has 0 spiro atoms. The van der Waals surface area contributed by atoms with Gasteiger partial charge >= 0.3 is 0 Å². The van der Waals surface area contributed by atoms with Gasteiger partial charge in [0, 0.05) is 0 Å². The summed E-state index contributed by atoms with van der Waals surface area (Å²) in [6.07, 6.45) is 1.23. The fraction of sp³-hybridized carbons (Fsp3) is 0. The van der Waals surface area contributed by atoms with Gasteiger partial charge in [-0.25, -0.2) is 9.37 Å². The second-order valence-electron chi connectivity index (χ2n) is 4.09. The van der Waals surface area contributed by atoms with Gasteiger partial charge in [-0.15, -0.1) is 0 Å². The van der Waals surface area contributed by atoms with E-state index in [0.717, 1.165) is 0 Å². The molecule has 0 amide bonds. The molecule has 0 aliphatic carbocycles. The molecule has 2 N–H and O–H groups in total. The van der Waals surface area contributed by atoms with Gasteiger partial charge in [-0.3, -0.25) is 4.79 Å². The molecule has 0 saturated heterocycles. The predicted molar refractivity (Wildman–Crippen MR) is 69.4 cm³/mol. The first-order valence-corrected chi connectivity index (χ1v) is 5.62. The van der Waals surface area contributed by atoms with Crippen molar-refractivity contribution in [1.29, 1.82) is 0 Å². The highest BCUT2D eigenvalue weighted by atomic mass is 19.1. The molecule has 0 saturated carbocycles. The molecule has 2 aromatic carbocycles. The number of fused-ring (bicyclic) bond motifs is 1. The first-order valence-electron chi connectivity index (χ1n) is 5.62. The number of nitrogens with one attached hydrogen (secondary N) is 1. The maximum Gasteiger partial charge on any atom is 0.259 e. The number of aromatic amines is 1. The van der Waals surface area contributed by atoms with Gasteiger partial charge in [0.15, 0.2) is 0 Å². The van der Waals surface area contributed by atoms with Crippen LogP contribution in [0.25, 0.3) is 22.0 Å². The van der Waals surface area contributed by atoms with Crippen molar-refractivity contribution >= 4 is 10.9 Å². The van der Waals surface area contributed by atoms with E-state index in [4.69, 9.17) is 0 Å². The number of hydrogen-bond acceptors (Lipinski definition) is 3. The van der Waals surface area contributed by atoms with Gasteiger partial charge in [-0.1, -0.05) is 12.1 Å². The summed E-state index contributed by atoms with van der Waals surface area (Å²) in [7, 11) is 0. The number of nitrogens with zero attached hydrogens (tertiary/aromatic N) is 1. The van der Waals surface area contributed by atoms with Crippen molar-refractivity contribution in [1.82, 2.24) is 9.97 Å². The van der Waals surface area contributed by atoms with Gasteiger partial charge < -0.3 is 10.1 Å². The van der Waals surface area contributed by atoms with Crippen molar-refractivity contribution in [3.8, 4) is 16.9 Å². The van der Waals surface area contributed by atoms with Gasteiger partial charge in [0.2, 0.25) is 0 Å². The van der Waals surface area contributed by atoms with E-state index >= 15 is 0 Å². The number of hydrogen-bond donors (Lipinski definition) is 2. The van der Waals surface area contributed by atoms with Crippen molar-refractivity contribution in [2.75, 3.05) is 0 Å². The van der Waals surface area contributed by atoms with Crippen LogP contribution < -0.4 is 5.56 Å². The molecule has 0 aliphatic heterocycles. The predicted octanol–water partition coefficient (Wildman–Crippen LogP) is 2.43. The summed E-state index contributed by atoms with van der Waals surface area (Å²) < 4.78 is 12.9. The molecule has 0 unspecified atom stereocenters. The van der Waals surface area contributed by atoms with Crippen LogP contribution in [0.2, 0.25) is 0 Å². The van der Waals surface area contributed by atoms with E-state index in [1.165, 1.54) is 24.5 Å². The summed E-state index contributed by atoms with van der Waals surface area (Å²) >= 11 is 0. The van der Waals surface area contributed by atoms with E-state index in [1.54, 1.807) is 18.2 Å². The summed E-state index contributed by atoms with van der Waals surface area (Å²) in [5.41, 5.74) is 1.16. The first-order chi connectivity index (χ1) is 9.16. The van der Waals surface area contributed by atoms with Gasteiger partial charge in [0.25, 0.3) is 5.56 Å². The zero-order chi connectivity index (χ0) is 13.4. The Morgan fingerprint density at radius 3 is 2.58 bits per heavy atom. The number of benzene rings is 2. The molecule has 0 radical (unpaired) electrons. The Morgan fingerprint density at radius 2 is 1.84 bits per heavy atom. The van der Waals surface area contributed by atoms with Crippen molar-refractivity contribution in [2.24, 2.45) is 0 Å². The molecular weight excluding hydrogens is 247 g/mol. The maximum absolute atomic E-state index is 12.9. The minimum Gasteiger partial charge on any atom is -0.506 e. The second kappa shape index (κ2) is 4.20. The summed E-state index contributed by atoms with van der Waals surface area (Å²) in [5.74, 6) is -0.411. The van der Waals surface area contributed by atoms with Crippen LogP contribution in [0.4, 0.5) is 4.39 Å². The number of H-pyrrole nitrogens is 1. The molecule has 3 aromatic rings. The number of halogens is 1. The second-order valence-corrected chi connectivity index (χ2v) is 4.09. The minimum absolute atomic E-state index is 0.0630. The molecule has 94 valence electrons. The van der Waals surface area contributed by atoms with Gasteiger partial charge in [0.1, 0.15) is 17.1 Å². The molecule has 4 nitrogen and oxygen atoms in total. The van der Waals surface area contributed by atoms with Crippen molar-refractivity contribution < 1.29 is 9.50 Å². The average molecular weight is 256 g/mol. The van der Waals surface area contributed by atoms with Crippen LogP contribution in [0.5, 0.6) is 5.75 Å². The zero-order valence-corrected chi connectivity index (χ0v) is 9.72. The third-order valence-corrected chi connectivity index (χ3v) is 2.93. The molecule has 1 heterocycles. The lowest BCUT2D eigenvalue weighted by Crippen LogP contribution is -2.07. The van der Waals surface area contributed by atoms with Crippen LogP contribution >= 0.6 is 0 Å². The zero-order valence-electron chi connectivity index (χ0n) is 9.72. The van der Waals surface area contributed by atoms with E-state index in [2.05, 4.69) is 9.97 Å². The number of aromatic hydroxyl groups is 1. The topological polar surface area (TPSA) is 66.0 Å². The van der Waals surface area contributed by atoms with E-state index < -0.39 is 0 Å². The summed E-state index contributed by atoms with van der Waals surface area (Å²) in [4.78, 5) is 18.3. The summed E-state index contributed by atoms with van der Waals surface area (Å²) in [5, 5.41) is 10.0. The Morgan fingerprint density at radius 1 is 1.11 bits per heavy atom. The number of rotatable bonds is 1. The van der Waals surface area contributed by atoms with Crippen LogP contribution in [0.15, 0.2) is 47.5 Å². The highest BCUT2D eigenvalue weighted by Crippen LogP contribution is 2.30. The van der Waals surface area contributed by atoms with Crippen LogP contribution in [0.1, 0.15) is 0 Å². The van der Waals surface area contributed by atoms with Crippen molar-refractivity contribution in [2.45, 2.75) is 0 Å². The first kappa shape index (κ1) is 11.4.